The number of piperidine rings is 1. The molecule has 0 aliphatic carbocycles. The third kappa shape index (κ3) is 5.43. The van der Waals surface area contributed by atoms with Crippen molar-refractivity contribution in [3.05, 3.63) is 52.8 Å². The number of amides is 3. The van der Waals surface area contributed by atoms with Gasteiger partial charge in [-0.3, -0.25) is 10.1 Å². The van der Waals surface area contributed by atoms with E-state index in [0.29, 0.717) is 28.6 Å². The fourth-order valence-electron chi connectivity index (χ4n) is 4.44. The van der Waals surface area contributed by atoms with Crippen LogP contribution in [0.1, 0.15) is 25.3 Å². The lowest BCUT2D eigenvalue weighted by atomic mass is 10.0. The number of carbonyl (C=O) groups excluding carboxylic acids is 2. The van der Waals surface area contributed by atoms with E-state index in [9.17, 15) is 14.7 Å². The largest absolute Gasteiger partial charge is 0.392 e. The van der Waals surface area contributed by atoms with Gasteiger partial charge in [-0.25, -0.2) is 9.78 Å². The number of likely N-dealkylation sites (tertiary alicyclic amines) is 1. The van der Waals surface area contributed by atoms with Crippen LogP contribution in [0.2, 0.25) is 5.02 Å². The summed E-state index contributed by atoms with van der Waals surface area (Å²) < 4.78 is 1.69. The fourth-order valence-corrected chi connectivity index (χ4v) is 4.63. The number of imide groups is 1. The second-order valence-corrected chi connectivity index (χ2v) is 9.47. The fraction of sp³-hybridized carbons (Fsp3) is 0.333. The zero-order valence-electron chi connectivity index (χ0n) is 19.7. The molecule has 2 saturated heterocycles. The van der Waals surface area contributed by atoms with Crippen LogP contribution in [0.25, 0.3) is 11.7 Å². The molecule has 3 aromatic rings. The van der Waals surface area contributed by atoms with E-state index in [1.807, 2.05) is 18.2 Å². The molecule has 0 spiro atoms. The number of aliphatic hydroxyl groups excluding tert-OH is 1. The van der Waals surface area contributed by atoms with Gasteiger partial charge in [-0.05, 0) is 44.0 Å². The van der Waals surface area contributed by atoms with Crippen LogP contribution in [0.5, 0.6) is 0 Å². The van der Waals surface area contributed by atoms with Crippen molar-refractivity contribution in [2.24, 2.45) is 0 Å². The minimum Gasteiger partial charge on any atom is -0.392 e. The van der Waals surface area contributed by atoms with E-state index in [-0.39, 0.29) is 17.8 Å². The number of nitrogens with one attached hydrogen (secondary N) is 4. The van der Waals surface area contributed by atoms with Crippen LogP contribution in [0.15, 0.2) is 42.2 Å². The van der Waals surface area contributed by atoms with Crippen molar-refractivity contribution < 1.29 is 14.7 Å². The van der Waals surface area contributed by atoms with Crippen molar-refractivity contribution >= 4 is 52.6 Å². The Labute approximate surface area is 212 Å². The van der Waals surface area contributed by atoms with Crippen LogP contribution >= 0.6 is 11.6 Å². The Bertz CT molecular complexity index is 1330. The van der Waals surface area contributed by atoms with Gasteiger partial charge < -0.3 is 26.0 Å². The van der Waals surface area contributed by atoms with Crippen LogP contribution in [0.3, 0.4) is 0 Å². The highest BCUT2D eigenvalue weighted by molar-refractivity contribution is 6.30. The average Bonchev–Trinajstić information content (AvgIpc) is 3.37. The molecular weight excluding hydrogens is 484 g/mol. The number of halogens is 1. The predicted octanol–water partition coefficient (Wildman–Crippen LogP) is 2.56. The second-order valence-electron chi connectivity index (χ2n) is 9.03. The summed E-state index contributed by atoms with van der Waals surface area (Å²) in [4.78, 5) is 30.6. The Morgan fingerprint density at radius 2 is 2.06 bits per heavy atom. The molecule has 4 heterocycles. The van der Waals surface area contributed by atoms with Crippen molar-refractivity contribution in [3.63, 3.8) is 0 Å². The molecule has 2 aliphatic heterocycles. The summed E-state index contributed by atoms with van der Waals surface area (Å²) >= 11 is 6.15. The first kappa shape index (κ1) is 24.0. The number of rotatable bonds is 7. The number of aliphatic hydroxyl groups is 1. The molecular formula is C24H27ClN8O3. The molecule has 1 unspecified atom stereocenters. The molecule has 2 aromatic heterocycles. The number of hydrogen-bond donors (Lipinski definition) is 5. The summed E-state index contributed by atoms with van der Waals surface area (Å²) in [7, 11) is 0. The first-order valence-corrected chi connectivity index (χ1v) is 12.1. The van der Waals surface area contributed by atoms with Gasteiger partial charge in [0, 0.05) is 48.0 Å². The standard InChI is InChI=1S/C24H27ClN8O3/c1-14(34)13-32-7-5-17(6-8-32)28-21-11-20(27-18-4-2-3-16(25)10-18)30-22-15(12-26-33(21)22)9-19-23(35)31-24(36)29-19/h2-4,9-12,14,17,28,34H,5-8,13H2,1H3,(H,27,30)(H2,29,31,35,36). The van der Waals surface area contributed by atoms with Gasteiger partial charge in [-0.1, -0.05) is 17.7 Å². The van der Waals surface area contributed by atoms with Crippen LogP contribution in [-0.2, 0) is 4.79 Å². The van der Waals surface area contributed by atoms with Crippen LogP contribution in [0.4, 0.5) is 22.1 Å². The highest BCUT2D eigenvalue weighted by Gasteiger charge is 2.25. The Balaban J connectivity index is 1.46. The number of anilines is 3. The van der Waals surface area contributed by atoms with Gasteiger partial charge in [0.05, 0.1) is 12.3 Å². The Hall–Kier alpha value is -3.67. The number of fused-ring (bicyclic) bond motifs is 1. The third-order valence-corrected chi connectivity index (χ3v) is 6.31. The van der Waals surface area contributed by atoms with Gasteiger partial charge >= 0.3 is 6.03 Å². The summed E-state index contributed by atoms with van der Waals surface area (Å²) in [5, 5.41) is 26.3. The van der Waals surface area contributed by atoms with Gasteiger partial charge in [0.25, 0.3) is 5.91 Å². The van der Waals surface area contributed by atoms with E-state index in [1.165, 1.54) is 0 Å². The van der Waals surface area contributed by atoms with Crippen LogP contribution in [0, 0.1) is 0 Å². The van der Waals surface area contributed by atoms with Crippen molar-refractivity contribution in [1.29, 1.82) is 0 Å². The lowest BCUT2D eigenvalue weighted by Crippen LogP contribution is -2.42. The number of hydrogen-bond acceptors (Lipinski definition) is 8. The van der Waals surface area contributed by atoms with E-state index in [0.717, 1.165) is 37.4 Å². The normalized spacial score (nSPS) is 18.9. The maximum atomic E-state index is 12.0. The Kier molecular flexibility index (Phi) is 6.77. The second kappa shape index (κ2) is 10.1. The minimum atomic E-state index is -0.566. The van der Waals surface area contributed by atoms with Crippen molar-refractivity contribution in [1.82, 2.24) is 30.1 Å². The molecule has 188 valence electrons. The molecule has 0 bridgehead atoms. The Morgan fingerprint density at radius 3 is 2.75 bits per heavy atom. The van der Waals surface area contributed by atoms with Crippen molar-refractivity contribution in [2.75, 3.05) is 30.3 Å². The maximum Gasteiger partial charge on any atom is 0.326 e. The predicted molar refractivity (Wildman–Crippen MR) is 137 cm³/mol. The first-order valence-electron chi connectivity index (χ1n) is 11.8. The molecule has 2 fully saturated rings. The zero-order chi connectivity index (χ0) is 25.2. The summed E-state index contributed by atoms with van der Waals surface area (Å²) in [6.07, 6.45) is 4.64. The lowest BCUT2D eigenvalue weighted by molar-refractivity contribution is -0.115. The van der Waals surface area contributed by atoms with Gasteiger partial charge in [0.1, 0.15) is 17.3 Å². The molecule has 12 heteroatoms. The quantitative estimate of drug-likeness (QED) is 0.242. The topological polar surface area (TPSA) is 136 Å². The Morgan fingerprint density at radius 1 is 1.25 bits per heavy atom. The maximum absolute atomic E-state index is 12.0. The summed E-state index contributed by atoms with van der Waals surface area (Å²) in [6.45, 7) is 4.24. The molecule has 3 amide bonds. The zero-order valence-corrected chi connectivity index (χ0v) is 20.4. The number of β-amino-alcohol motifs (C(OH)–C–C–N with tert-alkyl or cyclic N) is 1. The van der Waals surface area contributed by atoms with Crippen molar-refractivity contribution in [2.45, 2.75) is 31.9 Å². The summed E-state index contributed by atoms with van der Waals surface area (Å²) in [5.41, 5.74) is 1.99. The molecule has 11 nitrogen and oxygen atoms in total. The van der Waals surface area contributed by atoms with Crippen molar-refractivity contribution in [3.8, 4) is 0 Å². The molecule has 0 radical (unpaired) electrons. The first-order chi connectivity index (χ1) is 17.3. The highest BCUT2D eigenvalue weighted by atomic mass is 35.5. The monoisotopic (exact) mass is 510 g/mol. The molecule has 5 rings (SSSR count). The number of benzene rings is 1. The lowest BCUT2D eigenvalue weighted by Gasteiger charge is -2.33. The van der Waals surface area contributed by atoms with E-state index in [2.05, 4.69) is 31.3 Å². The molecule has 0 saturated carbocycles. The molecule has 1 aromatic carbocycles. The summed E-state index contributed by atoms with van der Waals surface area (Å²) in [6, 6.07) is 8.86. The van der Waals surface area contributed by atoms with Gasteiger partial charge in [0.2, 0.25) is 0 Å². The number of carbonyl (C=O) groups is 2. The van der Waals surface area contributed by atoms with Crippen LogP contribution < -0.4 is 21.3 Å². The molecule has 1 atom stereocenters. The smallest absolute Gasteiger partial charge is 0.326 e. The SMILES string of the molecule is CC(O)CN1CCC(Nc2cc(Nc3cccc(Cl)c3)nc3c(C=C4NC(=O)NC4=O)cnn23)CC1. The van der Waals surface area contributed by atoms with Gasteiger partial charge in [-0.2, -0.15) is 9.61 Å². The van der Waals surface area contributed by atoms with E-state index in [1.54, 1.807) is 35.8 Å². The number of aromatic nitrogens is 3. The molecule has 2 aliphatic rings. The highest BCUT2D eigenvalue weighted by Crippen LogP contribution is 2.26. The van der Waals surface area contributed by atoms with Crippen LogP contribution in [-0.4, -0.2) is 68.3 Å². The number of urea groups is 1. The molecule has 5 N–H and O–H groups in total. The average molecular weight is 511 g/mol. The van der Waals surface area contributed by atoms with Gasteiger partial charge in [0.15, 0.2) is 5.65 Å². The minimum absolute atomic E-state index is 0.130. The van der Waals surface area contributed by atoms with Gasteiger partial charge in [-0.15, -0.1) is 0 Å². The molecule has 36 heavy (non-hydrogen) atoms. The summed E-state index contributed by atoms with van der Waals surface area (Å²) in [5.74, 6) is 0.803. The van der Waals surface area contributed by atoms with E-state index in [4.69, 9.17) is 16.6 Å². The third-order valence-electron chi connectivity index (χ3n) is 6.08. The van der Waals surface area contributed by atoms with E-state index < -0.39 is 11.9 Å². The number of nitrogens with zero attached hydrogens (tertiary/aromatic N) is 4. The van der Waals surface area contributed by atoms with E-state index >= 15 is 0 Å².